The van der Waals surface area contributed by atoms with E-state index in [1.54, 1.807) is 36.4 Å². The van der Waals surface area contributed by atoms with Crippen molar-refractivity contribution in [1.29, 1.82) is 0 Å². The van der Waals surface area contributed by atoms with Gasteiger partial charge in [-0.15, -0.1) is 0 Å². The minimum Gasteiger partial charge on any atom is -0.507 e. The Balaban J connectivity index is 1.57. The van der Waals surface area contributed by atoms with Crippen molar-refractivity contribution < 1.29 is 33.6 Å². The van der Waals surface area contributed by atoms with Crippen molar-refractivity contribution in [1.82, 2.24) is 4.98 Å². The van der Waals surface area contributed by atoms with Crippen LogP contribution in [0, 0.1) is 13.8 Å². The van der Waals surface area contributed by atoms with Crippen LogP contribution in [0.1, 0.15) is 28.3 Å². The van der Waals surface area contributed by atoms with Crippen molar-refractivity contribution >= 4 is 44.1 Å². The Morgan fingerprint density at radius 1 is 0.975 bits per heavy atom. The molecule has 1 atom stereocenters. The lowest BCUT2D eigenvalue weighted by Gasteiger charge is -2.24. The molecule has 1 fully saturated rings. The van der Waals surface area contributed by atoms with Crippen molar-refractivity contribution in [2.45, 2.75) is 19.9 Å². The molecular weight excluding hydrogens is 532 g/mol. The second kappa shape index (κ2) is 9.87. The Hall–Kier alpha value is -4.57. The minimum absolute atomic E-state index is 0.0685. The van der Waals surface area contributed by atoms with E-state index in [4.69, 9.17) is 23.9 Å². The Labute approximate surface area is 234 Å². The number of thiazole rings is 1. The van der Waals surface area contributed by atoms with Crippen LogP contribution in [-0.2, 0) is 9.59 Å². The van der Waals surface area contributed by atoms with Crippen LogP contribution in [0.5, 0.6) is 23.0 Å². The molecule has 2 aliphatic heterocycles. The zero-order chi connectivity index (χ0) is 28.1. The van der Waals surface area contributed by atoms with Crippen LogP contribution in [-0.4, -0.2) is 49.2 Å². The molecule has 204 valence electrons. The van der Waals surface area contributed by atoms with Gasteiger partial charge in [-0.2, -0.15) is 0 Å². The number of nitrogens with zero attached hydrogens (tertiary/aromatic N) is 2. The highest BCUT2D eigenvalue weighted by molar-refractivity contribution is 7.22. The van der Waals surface area contributed by atoms with Gasteiger partial charge in [-0.1, -0.05) is 23.5 Å². The zero-order valence-corrected chi connectivity index (χ0v) is 23.1. The predicted octanol–water partition coefficient (Wildman–Crippen LogP) is 5.33. The number of aryl methyl sites for hydroxylation is 2. The first-order chi connectivity index (χ1) is 19.3. The number of anilines is 1. The van der Waals surface area contributed by atoms with E-state index in [9.17, 15) is 14.7 Å². The number of carbonyl (C=O) groups is 2. The van der Waals surface area contributed by atoms with E-state index in [-0.39, 0.29) is 11.3 Å². The normalized spacial score (nSPS) is 17.9. The van der Waals surface area contributed by atoms with Gasteiger partial charge in [0.05, 0.1) is 36.1 Å². The number of amides is 1. The smallest absolute Gasteiger partial charge is 0.301 e. The van der Waals surface area contributed by atoms with Crippen LogP contribution in [0.2, 0.25) is 0 Å². The summed E-state index contributed by atoms with van der Waals surface area (Å²) in [5, 5.41) is 11.9. The summed E-state index contributed by atoms with van der Waals surface area (Å²) in [7, 11) is 3.03. The van der Waals surface area contributed by atoms with Gasteiger partial charge in [0.2, 0.25) is 0 Å². The molecule has 0 spiro atoms. The number of ketones is 1. The standard InChI is InChI=1S/C30H26N2O7S/c1-15-11-16(2)25-23(12-15)40-30(31-25)32-26(17-5-7-19(36-3)21(13-17)37-4)24(28(34)29(32)35)27(33)18-6-8-20-22(14-18)39-10-9-38-20/h5-8,11-14,26,33H,9-10H2,1-4H3/t26-/m0/s1. The number of benzene rings is 3. The lowest BCUT2D eigenvalue weighted by Crippen LogP contribution is -2.29. The van der Waals surface area contributed by atoms with Gasteiger partial charge < -0.3 is 24.1 Å². The molecule has 10 heteroatoms. The summed E-state index contributed by atoms with van der Waals surface area (Å²) in [6.45, 7) is 4.74. The first-order valence-corrected chi connectivity index (χ1v) is 13.4. The number of ether oxygens (including phenoxy) is 4. The molecule has 9 nitrogen and oxygen atoms in total. The maximum atomic E-state index is 13.7. The topological polar surface area (TPSA) is 107 Å². The zero-order valence-electron chi connectivity index (χ0n) is 22.3. The van der Waals surface area contributed by atoms with Crippen molar-refractivity contribution in [3.63, 3.8) is 0 Å². The first kappa shape index (κ1) is 25.7. The average Bonchev–Trinajstić information content (AvgIpc) is 3.50. The van der Waals surface area contributed by atoms with Gasteiger partial charge in [-0.05, 0) is 66.9 Å². The molecule has 0 aliphatic carbocycles. The van der Waals surface area contributed by atoms with Crippen molar-refractivity contribution in [3.8, 4) is 23.0 Å². The minimum atomic E-state index is -0.977. The number of aliphatic hydroxyl groups excluding tert-OH is 1. The summed E-state index contributed by atoms with van der Waals surface area (Å²) < 4.78 is 23.1. The number of rotatable bonds is 5. The number of hydrogen-bond donors (Lipinski definition) is 1. The molecule has 4 aromatic rings. The van der Waals surface area contributed by atoms with Crippen LogP contribution in [0.3, 0.4) is 0 Å². The third kappa shape index (κ3) is 4.12. The first-order valence-electron chi connectivity index (χ1n) is 12.6. The highest BCUT2D eigenvalue weighted by atomic mass is 32.1. The summed E-state index contributed by atoms with van der Waals surface area (Å²) in [6, 6.07) is 13.1. The molecule has 3 aromatic carbocycles. The average molecular weight is 559 g/mol. The van der Waals surface area contributed by atoms with E-state index in [2.05, 4.69) is 0 Å². The van der Waals surface area contributed by atoms with Gasteiger partial charge in [0.15, 0.2) is 28.1 Å². The summed E-state index contributed by atoms with van der Waals surface area (Å²) >= 11 is 1.32. The number of hydrogen-bond acceptors (Lipinski definition) is 9. The summed E-state index contributed by atoms with van der Waals surface area (Å²) in [5.41, 5.74) is 3.59. The molecule has 0 unspecified atom stereocenters. The van der Waals surface area contributed by atoms with Gasteiger partial charge in [0.25, 0.3) is 5.78 Å². The Morgan fingerprint density at radius 3 is 2.48 bits per heavy atom. The third-order valence-electron chi connectivity index (χ3n) is 7.01. The molecule has 2 aliphatic rings. The fourth-order valence-electron chi connectivity index (χ4n) is 5.18. The molecule has 6 rings (SSSR count). The number of fused-ring (bicyclic) bond motifs is 2. The highest BCUT2D eigenvalue weighted by Gasteiger charge is 2.48. The largest absolute Gasteiger partial charge is 0.507 e. The fraction of sp³-hybridized carbons (Fsp3) is 0.233. The van der Waals surface area contributed by atoms with Crippen LogP contribution in [0.25, 0.3) is 16.0 Å². The van der Waals surface area contributed by atoms with E-state index in [0.29, 0.717) is 52.5 Å². The molecule has 1 saturated heterocycles. The monoisotopic (exact) mass is 558 g/mol. The third-order valence-corrected chi connectivity index (χ3v) is 8.01. The van der Waals surface area contributed by atoms with Crippen molar-refractivity contribution in [2.24, 2.45) is 0 Å². The second-order valence-corrected chi connectivity index (χ2v) is 10.6. The highest BCUT2D eigenvalue weighted by Crippen LogP contribution is 2.46. The Kier molecular flexibility index (Phi) is 6.34. The molecule has 40 heavy (non-hydrogen) atoms. The van der Waals surface area contributed by atoms with Crippen molar-refractivity contribution in [2.75, 3.05) is 32.3 Å². The Bertz CT molecular complexity index is 1720. The number of methoxy groups -OCH3 is 2. The fourth-order valence-corrected chi connectivity index (χ4v) is 6.34. The molecule has 0 saturated carbocycles. The molecule has 1 amide bonds. The van der Waals surface area contributed by atoms with Gasteiger partial charge in [-0.25, -0.2) is 4.98 Å². The van der Waals surface area contributed by atoms with E-state index in [1.165, 1.54) is 30.5 Å². The molecule has 0 bridgehead atoms. The summed E-state index contributed by atoms with van der Waals surface area (Å²) in [5.74, 6) is -0.0387. The number of aliphatic hydroxyl groups is 1. The van der Waals surface area contributed by atoms with Crippen LogP contribution >= 0.6 is 11.3 Å². The lowest BCUT2D eigenvalue weighted by atomic mass is 9.95. The van der Waals surface area contributed by atoms with E-state index in [1.807, 2.05) is 26.0 Å². The molecular formula is C30H26N2O7S. The van der Waals surface area contributed by atoms with Gasteiger partial charge in [-0.3, -0.25) is 14.5 Å². The number of Topliss-reactive ketones (excluding diaryl/α,β-unsaturated/α-hetero) is 1. The molecule has 1 aromatic heterocycles. The molecule has 3 heterocycles. The summed E-state index contributed by atoms with van der Waals surface area (Å²) in [4.78, 5) is 33.4. The molecule has 0 radical (unpaired) electrons. The van der Waals surface area contributed by atoms with Gasteiger partial charge >= 0.3 is 5.91 Å². The quantitative estimate of drug-likeness (QED) is 0.199. The number of carbonyl (C=O) groups excluding carboxylic acids is 2. The van der Waals surface area contributed by atoms with Crippen LogP contribution < -0.4 is 23.8 Å². The van der Waals surface area contributed by atoms with Gasteiger partial charge in [0, 0.05) is 5.56 Å². The number of aromatic nitrogens is 1. The van der Waals surface area contributed by atoms with E-state index in [0.717, 1.165) is 21.3 Å². The SMILES string of the molecule is COc1ccc([C@H]2C(=C(O)c3ccc4c(c3)OCCO4)C(=O)C(=O)N2c2nc3c(C)cc(C)cc3s2)cc1OC. The maximum absolute atomic E-state index is 13.7. The lowest BCUT2D eigenvalue weighted by molar-refractivity contribution is -0.132. The summed E-state index contributed by atoms with van der Waals surface area (Å²) in [6.07, 6.45) is 0. The van der Waals surface area contributed by atoms with Gasteiger partial charge in [0.1, 0.15) is 19.0 Å². The van der Waals surface area contributed by atoms with Crippen molar-refractivity contribution in [3.05, 3.63) is 76.4 Å². The second-order valence-electron chi connectivity index (χ2n) is 9.57. The van der Waals surface area contributed by atoms with Crippen LogP contribution in [0.15, 0.2) is 54.1 Å². The Morgan fingerprint density at radius 2 is 1.73 bits per heavy atom. The predicted molar refractivity (Wildman–Crippen MR) is 151 cm³/mol. The van der Waals surface area contributed by atoms with E-state index < -0.39 is 17.7 Å². The van der Waals surface area contributed by atoms with E-state index >= 15 is 0 Å². The molecule has 1 N–H and O–H groups in total. The maximum Gasteiger partial charge on any atom is 0.301 e. The van der Waals surface area contributed by atoms with Crippen LogP contribution in [0.4, 0.5) is 5.13 Å².